The first-order valence-corrected chi connectivity index (χ1v) is 9.53. The Bertz CT molecular complexity index is 510. The Balaban J connectivity index is 1.70. The quantitative estimate of drug-likeness (QED) is 0.792. The molecule has 3 saturated carbocycles. The van der Waals surface area contributed by atoms with E-state index in [9.17, 15) is 4.79 Å². The lowest BCUT2D eigenvalue weighted by Gasteiger charge is -2.56. The summed E-state index contributed by atoms with van der Waals surface area (Å²) in [6.45, 7) is 4.84. The van der Waals surface area contributed by atoms with Crippen LogP contribution in [-0.2, 0) is 4.79 Å². The van der Waals surface area contributed by atoms with Crippen LogP contribution in [-0.4, -0.2) is 11.8 Å². The van der Waals surface area contributed by atoms with Crippen LogP contribution in [0.3, 0.4) is 0 Å². The SMILES string of the molecule is CC[C@H]1CC2=CC(=O)CC[C@@H]2[C@H]2CC[C@]3(C)[C@@H](N)CC[C@H]3[C@H]12. The van der Waals surface area contributed by atoms with E-state index >= 15 is 0 Å². The molecule has 2 N–H and O–H groups in total. The first kappa shape index (κ1) is 14.9. The summed E-state index contributed by atoms with van der Waals surface area (Å²) in [6, 6.07) is 0.417. The van der Waals surface area contributed by atoms with E-state index in [1.54, 1.807) is 0 Å². The van der Waals surface area contributed by atoms with Crippen LogP contribution in [0.2, 0.25) is 0 Å². The molecule has 2 heteroatoms. The van der Waals surface area contributed by atoms with Crippen LogP contribution in [0, 0.1) is 35.0 Å². The largest absolute Gasteiger partial charge is 0.327 e. The van der Waals surface area contributed by atoms with E-state index in [-0.39, 0.29) is 0 Å². The second kappa shape index (κ2) is 5.19. The minimum Gasteiger partial charge on any atom is -0.327 e. The molecule has 4 aliphatic rings. The van der Waals surface area contributed by atoms with E-state index in [2.05, 4.69) is 13.8 Å². The zero-order valence-corrected chi connectivity index (χ0v) is 14.2. The normalized spacial score (nSPS) is 50.9. The van der Waals surface area contributed by atoms with Gasteiger partial charge in [0.15, 0.2) is 5.78 Å². The van der Waals surface area contributed by atoms with E-state index in [1.807, 2.05) is 6.08 Å². The van der Waals surface area contributed by atoms with Crippen LogP contribution in [0.1, 0.15) is 65.2 Å². The molecular formula is C20H31NO. The Labute approximate surface area is 134 Å². The van der Waals surface area contributed by atoms with Crippen LogP contribution in [0.15, 0.2) is 11.6 Å². The molecule has 0 aromatic carbocycles. The maximum atomic E-state index is 11.9. The van der Waals surface area contributed by atoms with Gasteiger partial charge in [-0.25, -0.2) is 0 Å². The van der Waals surface area contributed by atoms with Crippen molar-refractivity contribution in [3.05, 3.63) is 11.6 Å². The third-order valence-electron chi connectivity index (χ3n) is 8.07. The summed E-state index contributed by atoms with van der Waals surface area (Å²) in [5.74, 6) is 4.42. The van der Waals surface area contributed by atoms with E-state index in [0.29, 0.717) is 23.2 Å². The van der Waals surface area contributed by atoms with Gasteiger partial charge in [-0.3, -0.25) is 4.79 Å². The number of nitrogens with two attached hydrogens (primary N) is 1. The molecule has 0 spiro atoms. The van der Waals surface area contributed by atoms with Crippen molar-refractivity contribution in [1.82, 2.24) is 0 Å². The van der Waals surface area contributed by atoms with Crippen molar-refractivity contribution in [3.8, 4) is 0 Å². The van der Waals surface area contributed by atoms with E-state index in [1.165, 1.54) is 44.1 Å². The second-order valence-corrected chi connectivity index (χ2v) is 8.78. The van der Waals surface area contributed by atoms with Crippen molar-refractivity contribution >= 4 is 5.78 Å². The first-order chi connectivity index (χ1) is 10.5. The molecule has 0 unspecified atom stereocenters. The smallest absolute Gasteiger partial charge is 0.155 e. The Morgan fingerprint density at radius 1 is 1.27 bits per heavy atom. The molecule has 0 aromatic rings. The molecule has 3 fully saturated rings. The molecule has 22 heavy (non-hydrogen) atoms. The topological polar surface area (TPSA) is 43.1 Å². The number of ketones is 1. The van der Waals surface area contributed by atoms with Crippen molar-refractivity contribution in [1.29, 1.82) is 0 Å². The third-order valence-corrected chi connectivity index (χ3v) is 8.07. The summed E-state index contributed by atoms with van der Waals surface area (Å²) in [6.07, 6.45) is 11.6. The van der Waals surface area contributed by atoms with Gasteiger partial charge in [0, 0.05) is 12.5 Å². The maximum absolute atomic E-state index is 11.9. The molecule has 4 rings (SSSR count). The van der Waals surface area contributed by atoms with Crippen LogP contribution >= 0.6 is 0 Å². The van der Waals surface area contributed by atoms with E-state index in [0.717, 1.165) is 36.5 Å². The lowest BCUT2D eigenvalue weighted by molar-refractivity contribution is -0.116. The number of hydrogen-bond acceptors (Lipinski definition) is 2. The average Bonchev–Trinajstić information content (AvgIpc) is 2.81. The Morgan fingerprint density at radius 2 is 2.09 bits per heavy atom. The van der Waals surface area contributed by atoms with Gasteiger partial charge in [-0.1, -0.05) is 25.8 Å². The molecule has 7 atom stereocenters. The fourth-order valence-electron chi connectivity index (χ4n) is 6.84. The number of rotatable bonds is 1. The van der Waals surface area contributed by atoms with Gasteiger partial charge >= 0.3 is 0 Å². The number of hydrogen-bond donors (Lipinski definition) is 1. The van der Waals surface area contributed by atoms with Gasteiger partial charge in [-0.2, -0.15) is 0 Å². The predicted molar refractivity (Wildman–Crippen MR) is 89.2 cm³/mol. The fourth-order valence-corrected chi connectivity index (χ4v) is 6.84. The van der Waals surface area contributed by atoms with Gasteiger partial charge in [0.1, 0.15) is 0 Å². The van der Waals surface area contributed by atoms with E-state index in [4.69, 9.17) is 5.73 Å². The number of fused-ring (bicyclic) bond motifs is 5. The Kier molecular flexibility index (Phi) is 3.52. The lowest BCUT2D eigenvalue weighted by Crippen LogP contribution is -2.52. The first-order valence-electron chi connectivity index (χ1n) is 9.53. The van der Waals surface area contributed by atoms with Crippen molar-refractivity contribution in [3.63, 3.8) is 0 Å². The monoisotopic (exact) mass is 301 g/mol. The van der Waals surface area contributed by atoms with Gasteiger partial charge in [0.25, 0.3) is 0 Å². The van der Waals surface area contributed by atoms with Crippen LogP contribution in [0.4, 0.5) is 0 Å². The molecule has 0 aliphatic heterocycles. The van der Waals surface area contributed by atoms with Crippen molar-refractivity contribution in [2.24, 2.45) is 40.7 Å². The summed E-state index contributed by atoms with van der Waals surface area (Å²) in [5, 5.41) is 0. The Hall–Kier alpha value is -0.630. The molecule has 4 aliphatic carbocycles. The molecule has 0 amide bonds. The summed E-state index contributed by atoms with van der Waals surface area (Å²) in [5.41, 5.74) is 8.42. The van der Waals surface area contributed by atoms with Gasteiger partial charge in [-0.05, 0) is 79.6 Å². The zero-order chi connectivity index (χ0) is 15.5. The highest BCUT2D eigenvalue weighted by atomic mass is 16.1. The summed E-state index contributed by atoms with van der Waals surface area (Å²) in [4.78, 5) is 11.9. The molecule has 0 heterocycles. The molecule has 0 radical (unpaired) electrons. The predicted octanol–water partition coefficient (Wildman–Crippen LogP) is 4.09. The second-order valence-electron chi connectivity index (χ2n) is 8.78. The van der Waals surface area contributed by atoms with Gasteiger partial charge in [0.2, 0.25) is 0 Å². The van der Waals surface area contributed by atoms with Crippen molar-refractivity contribution in [2.45, 2.75) is 71.3 Å². The molecule has 0 bridgehead atoms. The van der Waals surface area contributed by atoms with E-state index < -0.39 is 0 Å². The zero-order valence-electron chi connectivity index (χ0n) is 14.2. The third kappa shape index (κ3) is 1.99. The minimum atomic E-state index is 0.378. The number of carbonyl (C=O) groups is 1. The molecule has 2 nitrogen and oxygen atoms in total. The molecule has 122 valence electrons. The highest BCUT2D eigenvalue weighted by Gasteiger charge is 2.57. The maximum Gasteiger partial charge on any atom is 0.155 e. The summed E-state index contributed by atoms with van der Waals surface area (Å²) in [7, 11) is 0. The lowest BCUT2D eigenvalue weighted by atomic mass is 9.49. The van der Waals surface area contributed by atoms with Crippen molar-refractivity contribution in [2.75, 3.05) is 0 Å². The fraction of sp³-hybridized carbons (Fsp3) is 0.850. The number of carbonyl (C=O) groups excluding carboxylic acids is 1. The summed E-state index contributed by atoms with van der Waals surface area (Å²) < 4.78 is 0. The molecular weight excluding hydrogens is 270 g/mol. The van der Waals surface area contributed by atoms with Crippen LogP contribution in [0.25, 0.3) is 0 Å². The van der Waals surface area contributed by atoms with Gasteiger partial charge in [-0.15, -0.1) is 0 Å². The Morgan fingerprint density at radius 3 is 2.86 bits per heavy atom. The average molecular weight is 301 g/mol. The molecule has 0 saturated heterocycles. The highest BCUT2D eigenvalue weighted by molar-refractivity contribution is 5.91. The van der Waals surface area contributed by atoms with Gasteiger partial charge in [0.05, 0.1) is 0 Å². The highest BCUT2D eigenvalue weighted by Crippen LogP contribution is 2.63. The minimum absolute atomic E-state index is 0.378. The summed E-state index contributed by atoms with van der Waals surface area (Å²) >= 11 is 0. The number of allylic oxidation sites excluding steroid dienone is 1. The van der Waals surface area contributed by atoms with Crippen molar-refractivity contribution < 1.29 is 4.79 Å². The molecule has 0 aromatic heterocycles. The van der Waals surface area contributed by atoms with Crippen LogP contribution in [0.5, 0.6) is 0 Å². The van der Waals surface area contributed by atoms with Gasteiger partial charge < -0.3 is 5.73 Å². The van der Waals surface area contributed by atoms with Crippen LogP contribution < -0.4 is 5.73 Å². The standard InChI is InChI=1S/C20H31NO/c1-3-12-10-13-11-14(22)4-5-15(13)16-8-9-20(2)17(19(12)16)6-7-18(20)21/h11-12,15-19H,3-10,21H2,1-2H3/t12-,15-,16+,17-,18-,19+,20-/m0/s1.